The molecule has 0 aromatic carbocycles. The molecule has 2 aromatic rings. The van der Waals surface area contributed by atoms with Crippen LogP contribution in [0.4, 0.5) is 0 Å². The van der Waals surface area contributed by atoms with Crippen LogP contribution in [0.25, 0.3) is 0 Å². The molecule has 3 rings (SSSR count). The third-order valence-electron chi connectivity index (χ3n) is 3.44. The highest BCUT2D eigenvalue weighted by molar-refractivity contribution is 9.11. The average molecular weight is 403 g/mol. The Balaban J connectivity index is 1.73. The van der Waals surface area contributed by atoms with Gasteiger partial charge in [-0.1, -0.05) is 0 Å². The zero-order chi connectivity index (χ0) is 15.6. The van der Waals surface area contributed by atoms with Crippen molar-refractivity contribution in [3.05, 3.63) is 40.4 Å². The maximum atomic E-state index is 12.6. The summed E-state index contributed by atoms with van der Waals surface area (Å²) >= 11 is 4.54. The zero-order valence-electron chi connectivity index (χ0n) is 11.7. The number of rotatable bonds is 4. The van der Waals surface area contributed by atoms with Gasteiger partial charge in [0.15, 0.2) is 0 Å². The van der Waals surface area contributed by atoms with Crippen LogP contribution in [0.1, 0.15) is 12.8 Å². The van der Waals surface area contributed by atoms with Gasteiger partial charge >= 0.3 is 0 Å². The molecule has 0 aliphatic carbocycles. The molecule has 22 heavy (non-hydrogen) atoms. The zero-order valence-corrected chi connectivity index (χ0v) is 14.9. The minimum atomic E-state index is -3.44. The lowest BCUT2D eigenvalue weighted by atomic mass is 10.1. The second-order valence-corrected chi connectivity index (χ2v) is 9.61. The molecular formula is C14H15BrN2O3S2. The summed E-state index contributed by atoms with van der Waals surface area (Å²) in [5.74, 6) is 0.720. The Morgan fingerprint density at radius 2 is 2.05 bits per heavy atom. The Morgan fingerprint density at radius 3 is 2.73 bits per heavy atom. The van der Waals surface area contributed by atoms with Crippen LogP contribution in [0.15, 0.2) is 44.7 Å². The molecule has 0 spiro atoms. The largest absolute Gasteiger partial charge is 0.489 e. The van der Waals surface area contributed by atoms with Crippen molar-refractivity contribution in [3.63, 3.8) is 0 Å². The molecule has 1 atom stereocenters. The molecule has 0 N–H and O–H groups in total. The third-order valence-corrected chi connectivity index (χ3v) is 7.39. The van der Waals surface area contributed by atoms with Gasteiger partial charge in [-0.2, -0.15) is 4.31 Å². The molecule has 1 aliphatic heterocycles. The van der Waals surface area contributed by atoms with E-state index in [0.29, 0.717) is 17.3 Å². The molecule has 118 valence electrons. The fourth-order valence-electron chi connectivity index (χ4n) is 2.39. The predicted molar refractivity (Wildman–Crippen MR) is 88.7 cm³/mol. The van der Waals surface area contributed by atoms with Gasteiger partial charge in [0.25, 0.3) is 10.0 Å². The van der Waals surface area contributed by atoms with E-state index in [-0.39, 0.29) is 6.10 Å². The monoisotopic (exact) mass is 402 g/mol. The van der Waals surface area contributed by atoms with Gasteiger partial charge in [-0.05, 0) is 53.0 Å². The van der Waals surface area contributed by atoms with Gasteiger partial charge in [-0.25, -0.2) is 8.42 Å². The molecule has 0 saturated carbocycles. The third kappa shape index (κ3) is 3.51. The number of hydrogen-bond donors (Lipinski definition) is 0. The van der Waals surface area contributed by atoms with Gasteiger partial charge in [-0.15, -0.1) is 11.3 Å². The van der Waals surface area contributed by atoms with E-state index in [9.17, 15) is 8.42 Å². The molecule has 5 nitrogen and oxygen atoms in total. The summed E-state index contributed by atoms with van der Waals surface area (Å²) < 4.78 is 33.9. The van der Waals surface area contributed by atoms with Gasteiger partial charge in [-0.3, -0.25) is 4.98 Å². The van der Waals surface area contributed by atoms with Gasteiger partial charge in [0.1, 0.15) is 16.1 Å². The number of ether oxygens (including phenoxy) is 1. The van der Waals surface area contributed by atoms with Crippen molar-refractivity contribution >= 4 is 37.3 Å². The van der Waals surface area contributed by atoms with E-state index in [1.165, 1.54) is 15.6 Å². The van der Waals surface area contributed by atoms with Gasteiger partial charge in [0, 0.05) is 18.9 Å². The quantitative estimate of drug-likeness (QED) is 0.787. The molecule has 8 heteroatoms. The Labute approximate surface area is 142 Å². The fraction of sp³-hybridized carbons (Fsp3) is 0.357. The van der Waals surface area contributed by atoms with E-state index in [1.54, 1.807) is 36.7 Å². The standard InChI is InChI=1S/C14H15BrN2O3S2/c15-13-3-4-14(21-13)22(18,19)17-9-1-2-12(10-17)20-11-5-7-16-8-6-11/h3-8,12H,1-2,9-10H2. The summed E-state index contributed by atoms with van der Waals surface area (Å²) in [5.41, 5.74) is 0. The van der Waals surface area contributed by atoms with Crippen LogP contribution in [0.2, 0.25) is 0 Å². The second kappa shape index (κ2) is 6.66. The fourth-order valence-corrected chi connectivity index (χ4v) is 6.07. The number of sulfonamides is 1. The van der Waals surface area contributed by atoms with Crippen LogP contribution in [0, 0.1) is 0 Å². The van der Waals surface area contributed by atoms with Crippen molar-refractivity contribution in [2.75, 3.05) is 13.1 Å². The molecule has 0 bridgehead atoms. The number of piperidine rings is 1. The summed E-state index contributed by atoms with van der Waals surface area (Å²) in [5, 5.41) is 0. The summed E-state index contributed by atoms with van der Waals surface area (Å²) in [4.78, 5) is 3.95. The van der Waals surface area contributed by atoms with E-state index >= 15 is 0 Å². The number of aromatic nitrogens is 1. The van der Waals surface area contributed by atoms with E-state index in [2.05, 4.69) is 20.9 Å². The highest BCUT2D eigenvalue weighted by atomic mass is 79.9. The van der Waals surface area contributed by atoms with E-state index in [1.807, 2.05) is 0 Å². The van der Waals surface area contributed by atoms with Gasteiger partial charge < -0.3 is 4.74 Å². The van der Waals surface area contributed by atoms with Gasteiger partial charge in [0.05, 0.1) is 10.3 Å². The van der Waals surface area contributed by atoms with Crippen molar-refractivity contribution in [2.45, 2.75) is 23.2 Å². The Morgan fingerprint density at radius 1 is 1.27 bits per heavy atom. The van der Waals surface area contributed by atoms with Crippen molar-refractivity contribution in [3.8, 4) is 5.75 Å². The maximum Gasteiger partial charge on any atom is 0.252 e. The first-order valence-corrected chi connectivity index (χ1v) is 9.93. The van der Waals surface area contributed by atoms with Crippen LogP contribution in [0.5, 0.6) is 5.75 Å². The van der Waals surface area contributed by atoms with Crippen molar-refractivity contribution in [1.82, 2.24) is 9.29 Å². The van der Waals surface area contributed by atoms with Crippen LogP contribution in [0.3, 0.4) is 0 Å². The molecule has 1 saturated heterocycles. The predicted octanol–water partition coefficient (Wildman–Crippen LogP) is 3.14. The number of thiophene rings is 1. The van der Waals surface area contributed by atoms with Crippen LogP contribution >= 0.6 is 27.3 Å². The molecular weight excluding hydrogens is 388 g/mol. The highest BCUT2D eigenvalue weighted by Crippen LogP contribution is 2.30. The first kappa shape index (κ1) is 15.9. The smallest absolute Gasteiger partial charge is 0.252 e. The van der Waals surface area contributed by atoms with Crippen LogP contribution in [-0.4, -0.2) is 36.9 Å². The van der Waals surface area contributed by atoms with Crippen molar-refractivity contribution < 1.29 is 13.2 Å². The van der Waals surface area contributed by atoms with Crippen molar-refractivity contribution in [2.24, 2.45) is 0 Å². The first-order valence-electron chi connectivity index (χ1n) is 6.88. The number of pyridine rings is 1. The molecule has 2 aromatic heterocycles. The summed E-state index contributed by atoms with van der Waals surface area (Å²) in [7, 11) is -3.44. The molecule has 1 unspecified atom stereocenters. The number of nitrogens with zero attached hydrogens (tertiary/aromatic N) is 2. The summed E-state index contributed by atoms with van der Waals surface area (Å²) in [6.07, 6.45) is 4.84. The lowest BCUT2D eigenvalue weighted by Crippen LogP contribution is -2.44. The summed E-state index contributed by atoms with van der Waals surface area (Å²) in [6.45, 7) is 0.911. The van der Waals surface area contributed by atoms with Crippen molar-refractivity contribution in [1.29, 1.82) is 0 Å². The van der Waals surface area contributed by atoms with Gasteiger partial charge in [0.2, 0.25) is 0 Å². The molecule has 3 heterocycles. The Bertz CT molecular complexity index is 734. The Kier molecular flexibility index (Phi) is 4.82. The lowest BCUT2D eigenvalue weighted by molar-refractivity contribution is 0.130. The van der Waals surface area contributed by atoms with E-state index in [4.69, 9.17) is 4.74 Å². The lowest BCUT2D eigenvalue weighted by Gasteiger charge is -2.31. The minimum Gasteiger partial charge on any atom is -0.489 e. The van der Waals surface area contributed by atoms with Crippen LogP contribution < -0.4 is 4.74 Å². The molecule has 1 fully saturated rings. The maximum absolute atomic E-state index is 12.6. The average Bonchev–Trinajstić information content (AvgIpc) is 2.96. The topological polar surface area (TPSA) is 59.5 Å². The number of hydrogen-bond acceptors (Lipinski definition) is 5. The Hall–Kier alpha value is -0.960. The highest BCUT2D eigenvalue weighted by Gasteiger charge is 2.32. The van der Waals surface area contributed by atoms with E-state index < -0.39 is 10.0 Å². The minimum absolute atomic E-state index is 0.130. The molecule has 1 aliphatic rings. The van der Waals surface area contributed by atoms with E-state index in [0.717, 1.165) is 22.4 Å². The number of halogens is 1. The first-order chi connectivity index (χ1) is 10.6. The summed E-state index contributed by atoms with van der Waals surface area (Å²) in [6, 6.07) is 6.96. The molecule has 0 amide bonds. The second-order valence-electron chi connectivity index (χ2n) is 4.99. The normalized spacial score (nSPS) is 20.0. The van der Waals surface area contributed by atoms with Crippen LogP contribution in [-0.2, 0) is 10.0 Å². The SMILES string of the molecule is O=S(=O)(c1ccc(Br)s1)N1CCCC(Oc2ccncc2)C1. The molecule has 0 radical (unpaired) electrons.